The van der Waals surface area contributed by atoms with Crippen LogP contribution in [0.4, 0.5) is 4.79 Å². The topological polar surface area (TPSA) is 125 Å². The highest BCUT2D eigenvalue weighted by molar-refractivity contribution is 8.00. The van der Waals surface area contributed by atoms with Gasteiger partial charge in [-0.2, -0.15) is 4.68 Å². The molecule has 0 saturated carbocycles. The van der Waals surface area contributed by atoms with Crippen molar-refractivity contribution in [2.75, 3.05) is 0 Å². The first kappa shape index (κ1) is 20.1. The fourth-order valence-electron chi connectivity index (χ4n) is 3.62. The fraction of sp³-hybridized carbons (Fsp3) is 0.350. The number of nitrogens with two attached hydrogens (primary N) is 1. The van der Waals surface area contributed by atoms with Crippen LogP contribution in [0.1, 0.15) is 31.9 Å². The maximum atomic E-state index is 13.2. The van der Waals surface area contributed by atoms with Gasteiger partial charge in [0.15, 0.2) is 11.0 Å². The molecule has 0 fully saturated rings. The van der Waals surface area contributed by atoms with Gasteiger partial charge in [0.2, 0.25) is 5.91 Å². The van der Waals surface area contributed by atoms with Gasteiger partial charge < -0.3 is 10.3 Å². The van der Waals surface area contributed by atoms with Crippen LogP contribution in [0.25, 0.3) is 17.1 Å². The maximum Gasteiger partial charge on any atom is 0.318 e. The highest BCUT2D eigenvalue weighted by Gasteiger charge is 2.28. The number of amides is 3. The summed E-state index contributed by atoms with van der Waals surface area (Å²) in [5, 5.41) is 6.58. The van der Waals surface area contributed by atoms with Crippen molar-refractivity contribution in [3.05, 3.63) is 46.4 Å². The Hall–Kier alpha value is -3.14. The summed E-state index contributed by atoms with van der Waals surface area (Å²) in [6.45, 7) is 2.39. The molecular formula is C20H22N6O3S. The van der Waals surface area contributed by atoms with Gasteiger partial charge in [-0.15, -0.1) is 5.10 Å². The van der Waals surface area contributed by atoms with Crippen LogP contribution in [0.2, 0.25) is 0 Å². The van der Waals surface area contributed by atoms with E-state index in [4.69, 9.17) is 5.73 Å². The molecule has 3 heterocycles. The lowest BCUT2D eigenvalue weighted by Crippen LogP contribution is -2.39. The van der Waals surface area contributed by atoms with Crippen LogP contribution in [-0.2, 0) is 17.8 Å². The average Bonchev–Trinajstić information content (AvgIpc) is 2.89. The first-order valence-electron chi connectivity index (χ1n) is 9.80. The largest absolute Gasteiger partial charge is 0.351 e. The molecule has 3 aliphatic heterocycles. The molecule has 0 radical (unpaired) electrons. The van der Waals surface area contributed by atoms with Crippen LogP contribution in [0.15, 0.2) is 40.3 Å². The number of primary amides is 1. The maximum absolute atomic E-state index is 13.2. The molecule has 3 aliphatic rings. The molecule has 0 aliphatic carbocycles. The summed E-state index contributed by atoms with van der Waals surface area (Å²) >= 11 is 1.22. The second kappa shape index (κ2) is 8.31. The number of imide groups is 1. The second-order valence-corrected chi connectivity index (χ2v) is 8.48. The Balaban J connectivity index is 1.83. The molecule has 0 saturated heterocycles. The number of carbonyl (C=O) groups excluding carboxylic acids is 2. The lowest BCUT2D eigenvalue weighted by atomic mass is 10.1. The molecule has 10 heteroatoms. The zero-order valence-corrected chi connectivity index (χ0v) is 17.3. The predicted octanol–water partition coefficient (Wildman–Crippen LogP) is 1.94. The lowest BCUT2D eigenvalue weighted by Gasteiger charge is -2.19. The van der Waals surface area contributed by atoms with Crippen molar-refractivity contribution in [1.82, 2.24) is 24.6 Å². The van der Waals surface area contributed by atoms with E-state index in [2.05, 4.69) is 15.4 Å². The van der Waals surface area contributed by atoms with Crippen molar-refractivity contribution in [3.8, 4) is 17.1 Å². The Morgan fingerprint density at radius 1 is 1.20 bits per heavy atom. The normalized spacial score (nSPS) is 14.7. The van der Waals surface area contributed by atoms with E-state index >= 15 is 0 Å². The molecule has 156 valence electrons. The third kappa shape index (κ3) is 3.82. The van der Waals surface area contributed by atoms with Gasteiger partial charge >= 0.3 is 6.03 Å². The molecule has 1 aromatic carbocycles. The van der Waals surface area contributed by atoms with Crippen LogP contribution in [0.5, 0.6) is 0 Å². The third-order valence-electron chi connectivity index (χ3n) is 5.07. The number of fused-ring (bicyclic) bond motifs is 3. The van der Waals surface area contributed by atoms with E-state index in [0.29, 0.717) is 28.8 Å². The Kier molecular flexibility index (Phi) is 5.58. The van der Waals surface area contributed by atoms with Gasteiger partial charge in [-0.05, 0) is 38.3 Å². The minimum atomic E-state index is -0.889. The van der Waals surface area contributed by atoms with E-state index in [9.17, 15) is 14.4 Å². The predicted molar refractivity (Wildman–Crippen MR) is 113 cm³/mol. The van der Waals surface area contributed by atoms with Crippen LogP contribution in [0.3, 0.4) is 0 Å². The zero-order chi connectivity index (χ0) is 21.3. The molecule has 9 nitrogen and oxygen atoms in total. The summed E-state index contributed by atoms with van der Waals surface area (Å²) < 4.78 is 3.40. The molecule has 1 aromatic rings. The number of aromatic nitrogens is 4. The van der Waals surface area contributed by atoms with E-state index in [1.807, 2.05) is 34.9 Å². The molecule has 30 heavy (non-hydrogen) atoms. The van der Waals surface area contributed by atoms with Crippen LogP contribution in [0, 0.1) is 0 Å². The molecule has 0 spiro atoms. The lowest BCUT2D eigenvalue weighted by molar-refractivity contribution is -0.119. The molecule has 1 unspecified atom stereocenters. The van der Waals surface area contributed by atoms with Crippen LogP contribution in [-0.4, -0.2) is 36.5 Å². The third-order valence-corrected chi connectivity index (χ3v) is 6.16. The van der Waals surface area contributed by atoms with Gasteiger partial charge in [-0.25, -0.2) is 9.78 Å². The van der Waals surface area contributed by atoms with Crippen molar-refractivity contribution in [3.63, 3.8) is 0 Å². The Bertz CT molecular complexity index is 1120. The van der Waals surface area contributed by atoms with E-state index in [1.54, 1.807) is 6.92 Å². The Labute approximate surface area is 177 Å². The number of para-hydroxylation sites is 1. The van der Waals surface area contributed by atoms with Crippen LogP contribution < -0.4 is 16.6 Å². The van der Waals surface area contributed by atoms with Crippen molar-refractivity contribution in [2.45, 2.75) is 49.6 Å². The van der Waals surface area contributed by atoms with Crippen molar-refractivity contribution < 1.29 is 9.59 Å². The number of hydrogen-bond donors (Lipinski definition) is 2. The van der Waals surface area contributed by atoms with Gasteiger partial charge in [-0.1, -0.05) is 36.4 Å². The van der Waals surface area contributed by atoms with Gasteiger partial charge in [0, 0.05) is 12.2 Å². The number of hydrogen-bond acceptors (Lipinski definition) is 6. The molecule has 4 rings (SSSR count). The summed E-state index contributed by atoms with van der Waals surface area (Å²) in [5.74, 6) is -0.126. The summed E-state index contributed by atoms with van der Waals surface area (Å²) in [5.41, 5.74) is 6.97. The Morgan fingerprint density at radius 3 is 2.70 bits per heavy atom. The minimum absolute atomic E-state index is 0.189. The van der Waals surface area contributed by atoms with E-state index in [-0.39, 0.29) is 5.56 Å². The molecular weight excluding hydrogens is 404 g/mol. The van der Waals surface area contributed by atoms with Crippen molar-refractivity contribution in [2.24, 2.45) is 5.73 Å². The number of benzene rings is 1. The van der Waals surface area contributed by atoms with Gasteiger partial charge in [0.1, 0.15) is 5.56 Å². The molecule has 0 bridgehead atoms. The zero-order valence-electron chi connectivity index (χ0n) is 16.5. The standard InChI is InChI=1S/C20H22N6O3S/c1-12(17(27)23-19(21)29)30-20-22-16-15(14-10-6-3-7-11-25(14)20)18(28)26(24-16)13-8-4-2-5-9-13/h2,4-5,8-9,12H,3,6-7,10-11H2,1H3,(H3,21,23,27,29). The summed E-state index contributed by atoms with van der Waals surface area (Å²) in [6.07, 6.45) is 3.72. The minimum Gasteiger partial charge on any atom is -0.351 e. The van der Waals surface area contributed by atoms with E-state index in [0.717, 1.165) is 31.4 Å². The molecule has 1 atom stereocenters. The summed E-state index contributed by atoms with van der Waals surface area (Å²) in [7, 11) is 0. The molecule has 3 N–H and O–H groups in total. The average molecular weight is 427 g/mol. The molecule has 0 aromatic heterocycles. The number of thioether (sulfide) groups is 1. The highest BCUT2D eigenvalue weighted by Crippen LogP contribution is 2.32. The number of urea groups is 1. The van der Waals surface area contributed by atoms with Gasteiger partial charge in [-0.3, -0.25) is 14.9 Å². The SMILES string of the molecule is CC(Sc1nc2nn(-c3ccccc3)c(=O)c-2c2n1CCCCC2)C(=O)NC(N)=O. The second-order valence-electron chi connectivity index (χ2n) is 7.17. The number of nitrogens with zero attached hydrogens (tertiary/aromatic N) is 4. The van der Waals surface area contributed by atoms with Gasteiger partial charge in [0.05, 0.1) is 10.9 Å². The number of nitrogens with one attached hydrogen (secondary N) is 1. The first-order chi connectivity index (χ1) is 14.5. The smallest absolute Gasteiger partial charge is 0.318 e. The monoisotopic (exact) mass is 426 g/mol. The van der Waals surface area contributed by atoms with Gasteiger partial charge in [0.25, 0.3) is 5.56 Å². The highest BCUT2D eigenvalue weighted by atomic mass is 32.2. The summed E-state index contributed by atoms with van der Waals surface area (Å²) in [4.78, 5) is 41.0. The molecule has 3 amide bonds. The summed E-state index contributed by atoms with van der Waals surface area (Å²) in [6, 6.07) is 8.34. The quantitative estimate of drug-likeness (QED) is 0.485. The van der Waals surface area contributed by atoms with E-state index < -0.39 is 17.2 Å². The van der Waals surface area contributed by atoms with Crippen molar-refractivity contribution in [1.29, 1.82) is 0 Å². The Morgan fingerprint density at radius 2 is 1.97 bits per heavy atom. The first-order valence-corrected chi connectivity index (χ1v) is 10.7. The van der Waals surface area contributed by atoms with Crippen LogP contribution >= 0.6 is 11.8 Å². The number of carbonyl (C=O) groups is 2. The van der Waals surface area contributed by atoms with Crippen molar-refractivity contribution >= 4 is 23.7 Å². The number of rotatable bonds is 4. The van der Waals surface area contributed by atoms with E-state index in [1.165, 1.54) is 16.4 Å². The fourth-order valence-corrected chi connectivity index (χ4v) is 4.57.